The van der Waals surface area contributed by atoms with E-state index in [0.29, 0.717) is 37.4 Å². The molecule has 0 aliphatic heterocycles. The molecule has 1 saturated carbocycles. The van der Waals surface area contributed by atoms with Crippen molar-refractivity contribution >= 4 is 11.9 Å². The Hall–Kier alpha value is -3.50. The van der Waals surface area contributed by atoms with Crippen molar-refractivity contribution in [2.24, 2.45) is 0 Å². The summed E-state index contributed by atoms with van der Waals surface area (Å²) in [6.45, 7) is 3.61. The second-order valence-corrected chi connectivity index (χ2v) is 8.56. The van der Waals surface area contributed by atoms with E-state index in [1.807, 2.05) is 19.1 Å². The number of hydrogen-bond donors (Lipinski definition) is 1. The van der Waals surface area contributed by atoms with Gasteiger partial charge in [-0.25, -0.2) is 0 Å². The van der Waals surface area contributed by atoms with E-state index in [0.717, 1.165) is 17.7 Å². The van der Waals surface area contributed by atoms with Gasteiger partial charge in [-0.2, -0.15) is 17.6 Å². The van der Waals surface area contributed by atoms with Crippen LogP contribution >= 0.6 is 0 Å². The van der Waals surface area contributed by atoms with Gasteiger partial charge in [0.25, 0.3) is 5.91 Å². The van der Waals surface area contributed by atoms with Crippen molar-refractivity contribution in [2.45, 2.75) is 63.7 Å². The average molecular weight is 528 g/mol. The molecule has 3 rings (SSSR count). The van der Waals surface area contributed by atoms with Gasteiger partial charge in [0, 0.05) is 24.4 Å². The van der Waals surface area contributed by atoms with E-state index < -0.39 is 30.2 Å². The number of hydrogen-bond acceptors (Lipinski definition) is 6. The summed E-state index contributed by atoms with van der Waals surface area (Å²) in [5.41, 5.74) is 0.989. The highest BCUT2D eigenvalue weighted by atomic mass is 19.3. The summed E-state index contributed by atoms with van der Waals surface area (Å²) in [5, 5.41) is 2.96. The topological polar surface area (TPSA) is 83.1 Å². The minimum Gasteiger partial charge on any atom is -0.493 e. The van der Waals surface area contributed by atoms with Crippen LogP contribution in [0.2, 0.25) is 0 Å². The Bertz CT molecular complexity index is 1080. The second-order valence-electron chi connectivity index (χ2n) is 8.56. The maximum absolute atomic E-state index is 13.1. The van der Waals surface area contributed by atoms with Gasteiger partial charge < -0.3 is 24.3 Å². The number of ether oxygens (including phenoxy) is 4. The van der Waals surface area contributed by atoms with Gasteiger partial charge in [-0.05, 0) is 68.1 Å². The summed E-state index contributed by atoms with van der Waals surface area (Å²) < 4.78 is 71.5. The van der Waals surface area contributed by atoms with E-state index in [2.05, 4.69) is 10.1 Å². The Labute approximate surface area is 212 Å². The van der Waals surface area contributed by atoms with Crippen LogP contribution in [0, 0.1) is 0 Å². The fraction of sp³-hybridized carbons (Fsp3) is 0.462. The number of benzene rings is 2. The number of esters is 1. The summed E-state index contributed by atoms with van der Waals surface area (Å²) >= 11 is 0. The molecule has 11 heteroatoms. The summed E-state index contributed by atoms with van der Waals surface area (Å²) in [7, 11) is 1.53. The number of alkyl halides is 4. The molecule has 2 aromatic rings. The van der Waals surface area contributed by atoms with Gasteiger partial charge in [-0.3, -0.25) is 9.59 Å². The van der Waals surface area contributed by atoms with E-state index in [9.17, 15) is 27.2 Å². The lowest BCUT2D eigenvalue weighted by molar-refractivity contribution is -0.253. The molecule has 1 fully saturated rings. The zero-order valence-corrected chi connectivity index (χ0v) is 20.6. The fourth-order valence-corrected chi connectivity index (χ4v) is 4.33. The van der Waals surface area contributed by atoms with E-state index in [1.54, 1.807) is 6.07 Å². The maximum atomic E-state index is 13.1. The Balaban J connectivity index is 1.80. The molecule has 0 saturated heterocycles. The number of nitrogens with one attached hydrogen (secondary N) is 1. The highest BCUT2D eigenvalue weighted by Crippen LogP contribution is 2.39. The molecule has 1 N–H and O–H groups in total. The highest BCUT2D eigenvalue weighted by Gasteiger charge is 2.44. The normalized spacial score (nSPS) is 19.7. The molecule has 1 amide bonds. The third kappa shape index (κ3) is 7.27. The smallest absolute Gasteiger partial charge is 0.461 e. The maximum Gasteiger partial charge on any atom is 0.461 e. The van der Waals surface area contributed by atoms with Crippen molar-refractivity contribution in [1.29, 1.82) is 0 Å². The summed E-state index contributed by atoms with van der Waals surface area (Å²) in [4.78, 5) is 24.5. The van der Waals surface area contributed by atoms with Crippen LogP contribution in [0.4, 0.5) is 17.6 Å². The Kier molecular flexibility index (Phi) is 9.23. The lowest BCUT2D eigenvalue weighted by atomic mass is 9.78. The number of rotatable bonds is 10. The molecule has 3 unspecified atom stereocenters. The first-order valence-electron chi connectivity index (χ1n) is 11.8. The Morgan fingerprint density at radius 1 is 1.08 bits per heavy atom. The molecule has 1 aliphatic carbocycles. The quantitative estimate of drug-likeness (QED) is 0.332. The van der Waals surface area contributed by atoms with E-state index in [1.165, 1.54) is 26.2 Å². The van der Waals surface area contributed by atoms with E-state index in [4.69, 9.17) is 14.2 Å². The number of carbonyl (C=O) groups excluding carboxylic acids is 2. The van der Waals surface area contributed by atoms with Crippen molar-refractivity contribution in [3.8, 4) is 17.2 Å². The number of halogens is 4. The third-order valence-electron chi connectivity index (χ3n) is 5.99. The Morgan fingerprint density at radius 3 is 2.38 bits per heavy atom. The number of amides is 1. The molecule has 0 heterocycles. The highest BCUT2D eigenvalue weighted by molar-refractivity contribution is 5.94. The lowest BCUT2D eigenvalue weighted by Crippen LogP contribution is -2.44. The van der Waals surface area contributed by atoms with Crippen LogP contribution in [0.3, 0.4) is 0 Å². The van der Waals surface area contributed by atoms with Crippen molar-refractivity contribution in [3.05, 3.63) is 53.6 Å². The predicted molar refractivity (Wildman–Crippen MR) is 126 cm³/mol. The molecule has 3 atom stereocenters. The summed E-state index contributed by atoms with van der Waals surface area (Å²) in [6.07, 6.45) is -7.47. The van der Waals surface area contributed by atoms with Gasteiger partial charge in [0.1, 0.15) is 11.9 Å². The molecular formula is C26H29F4NO6. The largest absolute Gasteiger partial charge is 0.493 e. The van der Waals surface area contributed by atoms with Crippen LogP contribution in [0.5, 0.6) is 17.2 Å². The monoisotopic (exact) mass is 527 g/mol. The van der Waals surface area contributed by atoms with E-state index >= 15 is 0 Å². The van der Waals surface area contributed by atoms with Gasteiger partial charge in [0.05, 0.1) is 13.7 Å². The van der Waals surface area contributed by atoms with Gasteiger partial charge in [-0.15, -0.1) is 0 Å². The molecule has 0 aromatic heterocycles. The molecule has 0 spiro atoms. The molecule has 2 aromatic carbocycles. The third-order valence-corrected chi connectivity index (χ3v) is 5.99. The first kappa shape index (κ1) is 28.1. The van der Waals surface area contributed by atoms with Crippen LogP contribution in [-0.2, 0) is 9.53 Å². The molecule has 7 nitrogen and oxygen atoms in total. The first-order chi connectivity index (χ1) is 17.5. The molecule has 1 aliphatic rings. The van der Waals surface area contributed by atoms with Crippen LogP contribution in [0.25, 0.3) is 0 Å². The zero-order valence-electron chi connectivity index (χ0n) is 20.6. The number of carbonyl (C=O) groups is 2. The minimum absolute atomic E-state index is 0.137. The van der Waals surface area contributed by atoms with Crippen LogP contribution in [0.1, 0.15) is 54.9 Å². The average Bonchev–Trinajstić information content (AvgIpc) is 2.85. The van der Waals surface area contributed by atoms with Crippen LogP contribution < -0.4 is 19.5 Å². The van der Waals surface area contributed by atoms with Gasteiger partial charge in [0.2, 0.25) is 0 Å². The van der Waals surface area contributed by atoms with Crippen molar-refractivity contribution in [3.63, 3.8) is 0 Å². The molecule has 202 valence electrons. The summed E-state index contributed by atoms with van der Waals surface area (Å²) in [5.74, 6) is -0.512. The van der Waals surface area contributed by atoms with Gasteiger partial charge in [-0.1, -0.05) is 6.07 Å². The molecule has 0 bridgehead atoms. The van der Waals surface area contributed by atoms with Crippen molar-refractivity contribution in [2.75, 3.05) is 13.7 Å². The number of methoxy groups -OCH3 is 1. The SMILES string of the molecule is CCOc1cc(C2CC(OC(C)=O)CCC2NC(=O)c2ccc(OC(F)(F)C(F)F)cc2)ccc1OC. The second kappa shape index (κ2) is 12.2. The van der Waals surface area contributed by atoms with Crippen molar-refractivity contribution < 1.29 is 46.1 Å². The van der Waals surface area contributed by atoms with Crippen LogP contribution in [-0.4, -0.2) is 50.3 Å². The van der Waals surface area contributed by atoms with Crippen molar-refractivity contribution in [1.82, 2.24) is 5.32 Å². The first-order valence-corrected chi connectivity index (χ1v) is 11.8. The van der Waals surface area contributed by atoms with E-state index in [-0.39, 0.29) is 23.6 Å². The molecular weight excluding hydrogens is 498 g/mol. The zero-order chi connectivity index (χ0) is 27.2. The fourth-order valence-electron chi connectivity index (χ4n) is 4.33. The standard InChI is InChI=1S/C26H29F4NO6/c1-4-35-23-13-17(7-12-22(23)34-3)20-14-19(36-15(2)32)10-11-21(20)31-24(33)16-5-8-18(9-6-16)37-26(29,30)25(27)28/h5-9,12-13,19-21,25H,4,10-11,14H2,1-3H3,(H,31,33). The Morgan fingerprint density at radius 2 is 1.78 bits per heavy atom. The minimum atomic E-state index is -4.64. The van der Waals surface area contributed by atoms with Gasteiger partial charge in [0.15, 0.2) is 11.5 Å². The lowest BCUT2D eigenvalue weighted by Gasteiger charge is -2.36. The molecule has 0 radical (unpaired) electrons. The van der Waals surface area contributed by atoms with Gasteiger partial charge >= 0.3 is 18.5 Å². The predicted octanol–water partition coefficient (Wildman–Crippen LogP) is 5.33. The van der Waals surface area contributed by atoms with Crippen LogP contribution in [0.15, 0.2) is 42.5 Å². The summed E-state index contributed by atoms with van der Waals surface area (Å²) in [6, 6.07) is 9.59. The molecule has 37 heavy (non-hydrogen) atoms.